The third-order valence-electron chi connectivity index (χ3n) is 2.46. The summed E-state index contributed by atoms with van der Waals surface area (Å²) in [6.45, 7) is 6.22. The van der Waals surface area contributed by atoms with Gasteiger partial charge in [-0.1, -0.05) is 32.8 Å². The van der Waals surface area contributed by atoms with Gasteiger partial charge in [0.1, 0.15) is 0 Å². The van der Waals surface area contributed by atoms with Crippen molar-refractivity contribution in [3.8, 4) is 0 Å². The smallest absolute Gasteiger partial charge is 0.338 e. The molecular formula is C12H24O3Si. The van der Waals surface area contributed by atoms with Crippen LogP contribution in [0.2, 0.25) is 12.1 Å². The molecule has 94 valence electrons. The van der Waals surface area contributed by atoms with Gasteiger partial charge in [0.05, 0.1) is 6.61 Å². The maximum absolute atomic E-state index is 11.4. The Bertz CT molecular complexity index is 220. The van der Waals surface area contributed by atoms with Crippen molar-refractivity contribution in [2.75, 3.05) is 13.7 Å². The van der Waals surface area contributed by atoms with Gasteiger partial charge in [0.15, 0.2) is 5.78 Å². The van der Waals surface area contributed by atoms with E-state index in [1.54, 1.807) is 19.3 Å². The second-order valence-electron chi connectivity index (χ2n) is 3.87. The number of hydrogen-bond acceptors (Lipinski definition) is 3. The van der Waals surface area contributed by atoms with Crippen LogP contribution < -0.4 is 0 Å². The average molecular weight is 244 g/mol. The maximum Gasteiger partial charge on any atom is 0.338 e. The summed E-state index contributed by atoms with van der Waals surface area (Å²) in [4.78, 5) is 11.4. The predicted molar refractivity (Wildman–Crippen MR) is 68.7 cm³/mol. The van der Waals surface area contributed by atoms with Gasteiger partial charge in [0, 0.05) is 7.11 Å². The third-order valence-corrected chi connectivity index (χ3v) is 6.40. The Hall–Kier alpha value is -0.453. The number of carbonyl (C=O) groups excluding carboxylic acids is 1. The minimum Gasteiger partial charge on any atom is -0.398 e. The second-order valence-corrected chi connectivity index (χ2v) is 7.39. The zero-order chi connectivity index (χ0) is 12.4. The van der Waals surface area contributed by atoms with Crippen molar-refractivity contribution < 1.29 is 13.6 Å². The summed E-state index contributed by atoms with van der Waals surface area (Å²) in [5.74, 6) is 0.0173. The molecule has 0 spiro atoms. The molecular weight excluding hydrogens is 220 g/mol. The van der Waals surface area contributed by atoms with Gasteiger partial charge in [-0.25, -0.2) is 0 Å². The number of carbonyl (C=O) groups is 1. The van der Waals surface area contributed by atoms with Gasteiger partial charge in [0.2, 0.25) is 0 Å². The highest BCUT2D eigenvalue weighted by Gasteiger charge is 2.34. The summed E-state index contributed by atoms with van der Waals surface area (Å²) in [7, 11) is -0.410. The number of allylic oxidation sites excluding steroid dienone is 1. The summed E-state index contributed by atoms with van der Waals surface area (Å²) in [6.07, 6.45) is 5.36. The van der Waals surface area contributed by atoms with Crippen LogP contribution in [0.25, 0.3) is 0 Å². The van der Waals surface area contributed by atoms with Crippen LogP contribution in [0.3, 0.4) is 0 Å². The SMILES string of the molecule is CC=CC(=O)CO[Si](CCC)(CCC)OC. The van der Waals surface area contributed by atoms with Crippen molar-refractivity contribution in [1.29, 1.82) is 0 Å². The van der Waals surface area contributed by atoms with Gasteiger partial charge < -0.3 is 8.85 Å². The highest BCUT2D eigenvalue weighted by molar-refractivity contribution is 6.67. The van der Waals surface area contributed by atoms with E-state index in [4.69, 9.17) is 8.85 Å². The molecule has 0 saturated heterocycles. The lowest BCUT2D eigenvalue weighted by atomic mass is 10.4. The molecule has 4 heteroatoms. The van der Waals surface area contributed by atoms with E-state index >= 15 is 0 Å². The lowest BCUT2D eigenvalue weighted by molar-refractivity contribution is -0.117. The number of ketones is 1. The normalized spacial score (nSPS) is 12.2. The Kier molecular flexibility index (Phi) is 8.43. The standard InChI is InChI=1S/C12H24O3Si/c1-5-8-12(13)11-15-16(14-4,9-6-2)10-7-3/h5,8H,6-7,9-11H2,1-4H3. The van der Waals surface area contributed by atoms with Crippen molar-refractivity contribution in [1.82, 2.24) is 0 Å². The van der Waals surface area contributed by atoms with E-state index in [0.717, 1.165) is 24.9 Å². The average Bonchev–Trinajstić information content (AvgIpc) is 2.27. The molecule has 3 nitrogen and oxygen atoms in total. The molecule has 0 amide bonds. The summed E-state index contributed by atoms with van der Waals surface area (Å²) in [5.41, 5.74) is 0. The van der Waals surface area contributed by atoms with Gasteiger partial charge in [-0.2, -0.15) is 0 Å². The van der Waals surface area contributed by atoms with Crippen LogP contribution in [-0.2, 0) is 13.6 Å². The fourth-order valence-corrected chi connectivity index (χ4v) is 4.72. The molecule has 0 heterocycles. The quantitative estimate of drug-likeness (QED) is 0.462. The molecule has 0 radical (unpaired) electrons. The first-order chi connectivity index (χ1) is 7.64. The summed E-state index contributed by atoms with van der Waals surface area (Å²) in [6, 6.07) is 1.92. The van der Waals surface area contributed by atoms with Crippen molar-refractivity contribution in [3.05, 3.63) is 12.2 Å². The van der Waals surface area contributed by atoms with E-state index in [0.29, 0.717) is 0 Å². The Morgan fingerprint density at radius 2 is 1.81 bits per heavy atom. The molecule has 0 N–H and O–H groups in total. The molecule has 0 aromatic heterocycles. The molecule has 0 atom stereocenters. The van der Waals surface area contributed by atoms with Crippen LogP contribution in [0.4, 0.5) is 0 Å². The molecule has 0 aromatic rings. The van der Waals surface area contributed by atoms with E-state index in [9.17, 15) is 4.79 Å². The van der Waals surface area contributed by atoms with E-state index in [1.807, 2.05) is 6.92 Å². The summed E-state index contributed by atoms with van der Waals surface area (Å²) >= 11 is 0. The minimum absolute atomic E-state index is 0.0173. The molecule has 0 aliphatic carbocycles. The Morgan fingerprint density at radius 1 is 1.25 bits per heavy atom. The molecule has 0 bridgehead atoms. The molecule has 0 saturated carbocycles. The molecule has 0 aromatic carbocycles. The van der Waals surface area contributed by atoms with Gasteiger partial charge in [-0.15, -0.1) is 0 Å². The van der Waals surface area contributed by atoms with Gasteiger partial charge in [-0.3, -0.25) is 4.79 Å². The summed E-state index contributed by atoms with van der Waals surface area (Å²) in [5, 5.41) is 0. The first-order valence-corrected chi connectivity index (χ1v) is 8.21. The van der Waals surface area contributed by atoms with Crippen molar-refractivity contribution in [2.45, 2.75) is 45.7 Å². The molecule has 0 aliphatic rings. The van der Waals surface area contributed by atoms with Crippen LogP contribution in [0.1, 0.15) is 33.6 Å². The maximum atomic E-state index is 11.4. The molecule has 0 aliphatic heterocycles. The van der Waals surface area contributed by atoms with E-state index in [2.05, 4.69) is 13.8 Å². The fraction of sp³-hybridized carbons (Fsp3) is 0.750. The predicted octanol–water partition coefficient (Wildman–Crippen LogP) is 3.06. The molecule has 0 fully saturated rings. The molecule has 0 rings (SSSR count). The lowest BCUT2D eigenvalue weighted by Gasteiger charge is -2.28. The zero-order valence-electron chi connectivity index (χ0n) is 10.9. The minimum atomic E-state index is -2.12. The van der Waals surface area contributed by atoms with Crippen LogP contribution in [0.5, 0.6) is 0 Å². The number of hydrogen-bond donors (Lipinski definition) is 0. The lowest BCUT2D eigenvalue weighted by Crippen LogP contribution is -2.42. The Morgan fingerprint density at radius 3 is 2.19 bits per heavy atom. The van der Waals surface area contributed by atoms with Gasteiger partial charge in [0.25, 0.3) is 0 Å². The van der Waals surface area contributed by atoms with E-state index in [1.165, 1.54) is 0 Å². The van der Waals surface area contributed by atoms with Crippen LogP contribution in [-0.4, -0.2) is 28.1 Å². The Balaban J connectivity index is 4.34. The van der Waals surface area contributed by atoms with E-state index in [-0.39, 0.29) is 12.4 Å². The van der Waals surface area contributed by atoms with E-state index < -0.39 is 8.56 Å². The van der Waals surface area contributed by atoms with Gasteiger partial charge >= 0.3 is 8.56 Å². The summed E-state index contributed by atoms with van der Waals surface area (Å²) < 4.78 is 11.4. The molecule has 16 heavy (non-hydrogen) atoms. The van der Waals surface area contributed by atoms with Crippen LogP contribution >= 0.6 is 0 Å². The topological polar surface area (TPSA) is 35.5 Å². The largest absolute Gasteiger partial charge is 0.398 e. The fourth-order valence-electron chi connectivity index (χ4n) is 1.73. The van der Waals surface area contributed by atoms with Crippen molar-refractivity contribution in [3.63, 3.8) is 0 Å². The van der Waals surface area contributed by atoms with Crippen LogP contribution in [0.15, 0.2) is 12.2 Å². The Labute approximate surface area is 100 Å². The number of rotatable bonds is 9. The monoisotopic (exact) mass is 244 g/mol. The van der Waals surface area contributed by atoms with Crippen LogP contribution in [0, 0.1) is 0 Å². The second kappa shape index (κ2) is 8.67. The highest BCUT2D eigenvalue weighted by atomic mass is 28.4. The first-order valence-electron chi connectivity index (χ1n) is 5.98. The van der Waals surface area contributed by atoms with Crippen molar-refractivity contribution >= 4 is 14.3 Å². The molecule has 0 unspecified atom stereocenters. The first kappa shape index (κ1) is 15.5. The van der Waals surface area contributed by atoms with Crippen molar-refractivity contribution in [2.24, 2.45) is 0 Å². The van der Waals surface area contributed by atoms with Gasteiger partial charge in [-0.05, 0) is 25.1 Å². The highest BCUT2D eigenvalue weighted by Crippen LogP contribution is 2.21. The third kappa shape index (κ3) is 5.58. The zero-order valence-corrected chi connectivity index (χ0v) is 11.9.